The first kappa shape index (κ1) is 22.9. The molecular weight excluding hydrogens is 427 g/mol. The number of imidazole rings is 1. The van der Waals surface area contributed by atoms with Crippen LogP contribution in [0.1, 0.15) is 6.23 Å². The summed E-state index contributed by atoms with van der Waals surface area (Å²) in [4.78, 5) is 38.1. The summed E-state index contributed by atoms with van der Waals surface area (Å²) in [6.07, 6.45) is -2.72. The Morgan fingerprint density at radius 2 is 2.03 bits per heavy atom. The maximum Gasteiger partial charge on any atom is 0.167 e. The van der Waals surface area contributed by atoms with Crippen LogP contribution in [-0.4, -0.2) is 81.0 Å². The van der Waals surface area contributed by atoms with E-state index in [2.05, 4.69) is 29.6 Å². The SMILES string of the molecule is NOCCOCCNc1ncnc2c1ncn2[C@@H]1O[C@H](COP(=O)([O-])[O-])[C@@H](O)[C@H]1O. The summed E-state index contributed by atoms with van der Waals surface area (Å²) in [5.74, 6) is 5.31. The highest BCUT2D eigenvalue weighted by molar-refractivity contribution is 7.43. The zero-order chi connectivity index (χ0) is 21.7. The molecule has 3 heterocycles. The second kappa shape index (κ2) is 10.0. The van der Waals surface area contributed by atoms with Crippen molar-refractivity contribution in [1.29, 1.82) is 0 Å². The van der Waals surface area contributed by atoms with Crippen molar-refractivity contribution in [3.8, 4) is 0 Å². The first-order valence-electron chi connectivity index (χ1n) is 8.81. The number of rotatable bonds is 11. The molecule has 1 fully saturated rings. The summed E-state index contributed by atoms with van der Waals surface area (Å²) >= 11 is 0. The molecule has 0 unspecified atom stereocenters. The second-order valence-corrected chi connectivity index (χ2v) is 7.40. The fourth-order valence-electron chi connectivity index (χ4n) is 2.88. The van der Waals surface area contributed by atoms with Crippen LogP contribution in [0, 0.1) is 0 Å². The second-order valence-electron chi connectivity index (χ2n) is 6.25. The number of anilines is 1. The Kier molecular flexibility index (Phi) is 7.65. The molecule has 1 aliphatic rings. The molecule has 0 saturated carbocycles. The first-order valence-corrected chi connectivity index (χ1v) is 10.3. The molecule has 2 aromatic heterocycles. The lowest BCUT2D eigenvalue weighted by Crippen LogP contribution is -2.34. The molecule has 0 spiro atoms. The van der Waals surface area contributed by atoms with Crippen LogP contribution in [0.2, 0.25) is 0 Å². The third kappa shape index (κ3) is 5.47. The number of hydrogen-bond donors (Lipinski definition) is 4. The van der Waals surface area contributed by atoms with Gasteiger partial charge in [0.1, 0.15) is 24.6 Å². The predicted molar refractivity (Wildman–Crippen MR) is 94.3 cm³/mol. The van der Waals surface area contributed by atoms with E-state index in [4.69, 9.17) is 15.4 Å². The van der Waals surface area contributed by atoms with Crippen molar-refractivity contribution in [2.24, 2.45) is 5.90 Å². The third-order valence-corrected chi connectivity index (χ3v) is 4.72. The largest absolute Gasteiger partial charge is 0.790 e. The summed E-state index contributed by atoms with van der Waals surface area (Å²) in [6, 6.07) is 0. The number of nitrogens with one attached hydrogen (secondary N) is 1. The number of aliphatic hydroxyl groups is 2. The lowest BCUT2D eigenvalue weighted by Gasteiger charge is -2.30. The molecule has 0 aliphatic carbocycles. The highest BCUT2D eigenvalue weighted by Gasteiger charge is 2.44. The monoisotopic (exact) mass is 448 g/mol. The maximum atomic E-state index is 10.6. The van der Waals surface area contributed by atoms with Gasteiger partial charge in [0.25, 0.3) is 0 Å². The predicted octanol–water partition coefficient (Wildman–Crippen LogP) is -3.39. The van der Waals surface area contributed by atoms with Crippen molar-refractivity contribution >= 4 is 24.8 Å². The van der Waals surface area contributed by atoms with Gasteiger partial charge in [0.15, 0.2) is 23.2 Å². The summed E-state index contributed by atoms with van der Waals surface area (Å²) in [6.45, 7) is 0.643. The van der Waals surface area contributed by atoms with Crippen LogP contribution in [-0.2, 0) is 23.4 Å². The van der Waals surface area contributed by atoms with Crippen LogP contribution in [0.3, 0.4) is 0 Å². The number of fused-ring (bicyclic) bond motifs is 1. The third-order valence-electron chi connectivity index (χ3n) is 4.25. The van der Waals surface area contributed by atoms with Crippen molar-refractivity contribution in [1.82, 2.24) is 19.5 Å². The number of aliphatic hydroxyl groups excluding tert-OH is 2. The molecule has 30 heavy (non-hydrogen) atoms. The van der Waals surface area contributed by atoms with E-state index in [9.17, 15) is 24.6 Å². The quantitative estimate of drug-likeness (QED) is 0.149. The van der Waals surface area contributed by atoms with Gasteiger partial charge in [0, 0.05) is 6.54 Å². The number of aromatic nitrogens is 4. The number of phosphoric ester groups is 1. The molecule has 15 nitrogen and oxygen atoms in total. The molecule has 0 aromatic carbocycles. The highest BCUT2D eigenvalue weighted by Crippen LogP contribution is 2.34. The van der Waals surface area contributed by atoms with Gasteiger partial charge in [-0.3, -0.25) is 4.57 Å². The van der Waals surface area contributed by atoms with Gasteiger partial charge in [-0.1, -0.05) is 0 Å². The van der Waals surface area contributed by atoms with E-state index in [0.29, 0.717) is 36.7 Å². The Bertz CT molecular complexity index is 879. The Morgan fingerprint density at radius 3 is 2.77 bits per heavy atom. The van der Waals surface area contributed by atoms with Crippen LogP contribution in [0.4, 0.5) is 5.82 Å². The smallest absolute Gasteiger partial charge is 0.167 e. The molecule has 1 aliphatic heterocycles. The topological polar surface area (TPSA) is 222 Å². The molecular formula is C14H21N6O9P-2. The number of nitrogens with two attached hydrogens (primary N) is 1. The van der Waals surface area contributed by atoms with E-state index in [-0.39, 0.29) is 6.61 Å². The summed E-state index contributed by atoms with van der Waals surface area (Å²) in [7, 11) is -5.25. The molecule has 0 amide bonds. The molecule has 0 bridgehead atoms. The van der Waals surface area contributed by atoms with Crippen LogP contribution in [0.5, 0.6) is 0 Å². The van der Waals surface area contributed by atoms with Crippen molar-refractivity contribution in [3.05, 3.63) is 12.7 Å². The average Bonchev–Trinajstić information content (AvgIpc) is 3.25. The van der Waals surface area contributed by atoms with Gasteiger partial charge >= 0.3 is 0 Å². The zero-order valence-corrected chi connectivity index (χ0v) is 16.5. The number of hydrogen-bond acceptors (Lipinski definition) is 14. The number of phosphoric acid groups is 1. The standard InChI is InChI=1S/C14H23N6O9P/c15-27-4-3-26-2-1-16-12-9-13(18-6-17-12)20(7-19-9)14-11(22)10(21)8(29-14)5-28-30(23,24)25/h6-8,10-11,14,21-22H,1-5,15H2,(H,16,17,18)(H2,23,24,25)/p-2/t8-,10-,11-,14-/m1/s1. The van der Waals surface area contributed by atoms with E-state index in [1.54, 1.807) is 0 Å². The Balaban J connectivity index is 1.68. The van der Waals surface area contributed by atoms with E-state index >= 15 is 0 Å². The van der Waals surface area contributed by atoms with E-state index in [1.165, 1.54) is 17.2 Å². The van der Waals surface area contributed by atoms with Gasteiger partial charge in [0.2, 0.25) is 0 Å². The van der Waals surface area contributed by atoms with E-state index in [1.807, 2.05) is 0 Å². The normalized spacial score (nSPS) is 24.6. The van der Waals surface area contributed by atoms with E-state index < -0.39 is 39.0 Å². The van der Waals surface area contributed by atoms with Gasteiger partial charge in [-0.05, 0) is 0 Å². The van der Waals surface area contributed by atoms with Gasteiger partial charge in [0.05, 0.1) is 40.6 Å². The first-order chi connectivity index (χ1) is 14.3. The van der Waals surface area contributed by atoms with Gasteiger partial charge in [-0.25, -0.2) is 20.8 Å². The van der Waals surface area contributed by atoms with Gasteiger partial charge in [-0.15, -0.1) is 0 Å². The maximum absolute atomic E-state index is 10.6. The molecule has 3 rings (SSSR count). The summed E-state index contributed by atoms with van der Waals surface area (Å²) < 4.78 is 26.9. The molecule has 2 aromatic rings. The molecule has 4 atom stereocenters. The Labute approximate surface area is 169 Å². The minimum Gasteiger partial charge on any atom is -0.790 e. The fraction of sp³-hybridized carbons (Fsp3) is 0.643. The minimum atomic E-state index is -5.25. The average molecular weight is 448 g/mol. The minimum absolute atomic E-state index is 0.269. The Morgan fingerprint density at radius 1 is 1.23 bits per heavy atom. The molecule has 16 heteroatoms. The Hall–Kier alpha value is -1.78. The molecule has 1 saturated heterocycles. The molecule has 168 valence electrons. The summed E-state index contributed by atoms with van der Waals surface area (Å²) in [5.41, 5.74) is 0.664. The van der Waals surface area contributed by atoms with Crippen LogP contribution < -0.4 is 21.0 Å². The van der Waals surface area contributed by atoms with E-state index in [0.717, 1.165) is 0 Å². The van der Waals surface area contributed by atoms with Crippen LogP contribution >= 0.6 is 7.82 Å². The number of nitrogens with zero attached hydrogens (tertiary/aromatic N) is 4. The van der Waals surface area contributed by atoms with Crippen LogP contribution in [0.15, 0.2) is 12.7 Å². The zero-order valence-electron chi connectivity index (χ0n) is 15.6. The van der Waals surface area contributed by atoms with Crippen molar-refractivity contribution in [2.75, 3.05) is 38.3 Å². The molecule has 5 N–H and O–H groups in total. The van der Waals surface area contributed by atoms with Crippen molar-refractivity contribution in [2.45, 2.75) is 24.5 Å². The lowest BCUT2D eigenvalue weighted by molar-refractivity contribution is -0.343. The molecule has 0 radical (unpaired) electrons. The van der Waals surface area contributed by atoms with Gasteiger partial charge < -0.3 is 48.7 Å². The fourth-order valence-corrected chi connectivity index (χ4v) is 3.21. The summed E-state index contributed by atoms with van der Waals surface area (Å²) in [5, 5.41) is 23.4. The highest BCUT2D eigenvalue weighted by atomic mass is 31.2. The lowest BCUT2D eigenvalue weighted by atomic mass is 10.1. The van der Waals surface area contributed by atoms with Gasteiger partial charge in [-0.2, -0.15) is 0 Å². The number of ether oxygens (including phenoxy) is 2. The van der Waals surface area contributed by atoms with Crippen LogP contribution in [0.25, 0.3) is 11.2 Å². The van der Waals surface area contributed by atoms with Crippen molar-refractivity contribution in [3.63, 3.8) is 0 Å². The van der Waals surface area contributed by atoms with Crippen molar-refractivity contribution < 1.29 is 43.4 Å².